The predicted molar refractivity (Wildman–Crippen MR) is 167 cm³/mol. The van der Waals surface area contributed by atoms with Gasteiger partial charge in [-0.2, -0.15) is 0 Å². The van der Waals surface area contributed by atoms with Gasteiger partial charge in [0.25, 0.3) is 0 Å². The van der Waals surface area contributed by atoms with E-state index in [1.54, 1.807) is 4.90 Å². The summed E-state index contributed by atoms with van der Waals surface area (Å²) in [4.78, 5) is 37.2. The minimum Gasteiger partial charge on any atom is -0.379 e. The first-order valence-electron chi connectivity index (χ1n) is 16.5. The molecule has 0 rings (SSSR count). The lowest BCUT2D eigenvalue weighted by molar-refractivity contribution is -0.134. The number of carbonyl (C=O) groups excluding carboxylic acids is 3. The maximum Gasteiger partial charge on any atom is 0.225 e. The quantitative estimate of drug-likeness (QED) is 0.0941. The highest BCUT2D eigenvalue weighted by Crippen LogP contribution is 2.00. The fourth-order valence-corrected chi connectivity index (χ4v) is 3.73. The summed E-state index contributed by atoms with van der Waals surface area (Å²) < 4.78 is 44.1. The van der Waals surface area contributed by atoms with Crippen LogP contribution in [-0.4, -0.2) is 141 Å². The zero-order valence-corrected chi connectivity index (χ0v) is 27.8. The second kappa shape index (κ2) is 34.4. The zero-order chi connectivity index (χ0) is 32.4. The summed E-state index contributed by atoms with van der Waals surface area (Å²) in [5.41, 5.74) is 0. The molecule has 0 bridgehead atoms. The van der Waals surface area contributed by atoms with Gasteiger partial charge in [-0.15, -0.1) is 0 Å². The van der Waals surface area contributed by atoms with Crippen molar-refractivity contribution < 1.29 is 52.3 Å². The van der Waals surface area contributed by atoms with Gasteiger partial charge in [-0.25, -0.2) is 0 Å². The van der Waals surface area contributed by atoms with Crippen LogP contribution in [0, 0.1) is 0 Å². The largest absolute Gasteiger partial charge is 0.379 e. The van der Waals surface area contributed by atoms with Crippen molar-refractivity contribution in [2.24, 2.45) is 0 Å². The Morgan fingerprint density at radius 3 is 1.27 bits per heavy atom. The molecule has 0 N–H and O–H groups in total. The number of Topliss-reactive ketones (excluding diaryl/α,β-unsaturated/α-hetero) is 2. The van der Waals surface area contributed by atoms with Crippen molar-refractivity contribution in [3.8, 4) is 0 Å². The highest BCUT2D eigenvalue weighted by Gasteiger charge is 2.13. The Hall–Kier alpha value is -1.51. The Bertz CT molecular complexity index is 666. The molecule has 44 heavy (non-hydrogen) atoms. The molecule has 12 nitrogen and oxygen atoms in total. The second-order valence-corrected chi connectivity index (χ2v) is 9.96. The van der Waals surface area contributed by atoms with Gasteiger partial charge >= 0.3 is 0 Å². The van der Waals surface area contributed by atoms with Crippen molar-refractivity contribution in [3.05, 3.63) is 0 Å². The number of hydrogen-bond donors (Lipinski definition) is 0. The summed E-state index contributed by atoms with van der Waals surface area (Å²) in [5.74, 6) is 0.501. The Morgan fingerprint density at radius 1 is 0.409 bits per heavy atom. The number of ketones is 2. The minimum absolute atomic E-state index is 0.0319. The molecule has 0 aliphatic rings. The number of ether oxygens (including phenoxy) is 8. The van der Waals surface area contributed by atoms with E-state index >= 15 is 0 Å². The maximum atomic E-state index is 12.9. The summed E-state index contributed by atoms with van der Waals surface area (Å²) in [6.07, 6.45) is 4.99. The number of hydrogen-bond acceptors (Lipinski definition) is 11. The van der Waals surface area contributed by atoms with E-state index < -0.39 is 0 Å². The fraction of sp³-hybridized carbons (Fsp3) is 0.906. The summed E-state index contributed by atoms with van der Waals surface area (Å²) in [5, 5.41) is 0. The van der Waals surface area contributed by atoms with Crippen molar-refractivity contribution in [2.45, 2.75) is 72.1 Å². The van der Waals surface area contributed by atoms with Crippen molar-refractivity contribution >= 4 is 17.5 Å². The van der Waals surface area contributed by atoms with Crippen LogP contribution in [0.5, 0.6) is 0 Å². The molecular formula is C32H61NO11. The van der Waals surface area contributed by atoms with E-state index in [-0.39, 0.29) is 23.9 Å². The highest BCUT2D eigenvalue weighted by molar-refractivity contribution is 5.78. The van der Waals surface area contributed by atoms with Crippen LogP contribution in [0.2, 0.25) is 0 Å². The van der Waals surface area contributed by atoms with Gasteiger partial charge in [0.2, 0.25) is 5.91 Å². The lowest BCUT2D eigenvalue weighted by atomic mass is 10.1. The van der Waals surface area contributed by atoms with Gasteiger partial charge in [0.1, 0.15) is 11.6 Å². The molecule has 0 saturated heterocycles. The lowest BCUT2D eigenvalue weighted by Gasteiger charge is -2.23. The van der Waals surface area contributed by atoms with E-state index in [9.17, 15) is 14.4 Å². The average molecular weight is 636 g/mol. The number of nitrogens with zero attached hydrogens (tertiary/aromatic N) is 1. The molecule has 0 radical (unpaired) electrons. The van der Waals surface area contributed by atoms with Gasteiger partial charge < -0.3 is 42.8 Å². The normalized spacial score (nSPS) is 11.2. The summed E-state index contributed by atoms with van der Waals surface area (Å²) in [7, 11) is 0. The molecule has 0 aromatic heterocycles. The molecule has 0 spiro atoms. The molecule has 260 valence electrons. The van der Waals surface area contributed by atoms with Gasteiger partial charge in [0.15, 0.2) is 0 Å². The molecule has 12 heteroatoms. The first kappa shape index (κ1) is 42.5. The van der Waals surface area contributed by atoms with Gasteiger partial charge in [0.05, 0.1) is 92.3 Å². The van der Waals surface area contributed by atoms with Crippen LogP contribution in [0.4, 0.5) is 0 Å². The molecule has 0 unspecified atom stereocenters. The average Bonchev–Trinajstić information content (AvgIpc) is 3.03. The van der Waals surface area contributed by atoms with E-state index in [0.717, 1.165) is 19.3 Å². The van der Waals surface area contributed by atoms with Gasteiger partial charge in [0, 0.05) is 58.6 Å². The van der Waals surface area contributed by atoms with Gasteiger partial charge in [-0.05, 0) is 26.2 Å². The molecule has 0 atom stereocenters. The van der Waals surface area contributed by atoms with Gasteiger partial charge in [-0.1, -0.05) is 13.8 Å². The van der Waals surface area contributed by atoms with Crippen molar-refractivity contribution in [1.29, 1.82) is 0 Å². The van der Waals surface area contributed by atoms with Crippen LogP contribution in [0.3, 0.4) is 0 Å². The van der Waals surface area contributed by atoms with Crippen LogP contribution in [0.15, 0.2) is 0 Å². The van der Waals surface area contributed by atoms with Crippen LogP contribution >= 0.6 is 0 Å². The third kappa shape index (κ3) is 30.5. The molecule has 0 aliphatic heterocycles. The van der Waals surface area contributed by atoms with Crippen LogP contribution in [0.25, 0.3) is 0 Å². The topological polar surface area (TPSA) is 128 Å². The molecule has 0 aromatic rings. The molecule has 0 aromatic carbocycles. The van der Waals surface area contributed by atoms with Crippen molar-refractivity contribution in [3.63, 3.8) is 0 Å². The number of carbonyl (C=O) groups is 3. The highest BCUT2D eigenvalue weighted by atomic mass is 16.6. The summed E-state index contributed by atoms with van der Waals surface area (Å²) in [6.45, 7) is 14.2. The maximum absolute atomic E-state index is 12.9. The number of amides is 1. The second-order valence-electron chi connectivity index (χ2n) is 9.96. The molecule has 0 saturated carbocycles. The Morgan fingerprint density at radius 2 is 0.795 bits per heavy atom. The van der Waals surface area contributed by atoms with E-state index in [2.05, 4.69) is 0 Å². The first-order valence-corrected chi connectivity index (χ1v) is 16.5. The SMILES string of the molecule is CCOCCOCCOCCOCCC(=O)N(CCOCCOCCCCC(=O)CC)CCOCCOCCCC(=O)CC. The van der Waals surface area contributed by atoms with E-state index in [0.29, 0.717) is 144 Å². The first-order chi connectivity index (χ1) is 21.5. The third-order valence-corrected chi connectivity index (χ3v) is 6.42. The fourth-order valence-electron chi connectivity index (χ4n) is 3.73. The number of rotatable bonds is 36. The third-order valence-electron chi connectivity index (χ3n) is 6.42. The standard InChI is InChI=1S/C32H61NO11/c1-4-30(34)10-7-8-15-38-22-25-41-18-13-33(14-19-42-26-23-39-16-9-11-31(35)5-2)32(36)12-17-40-24-27-44-29-28-43-21-20-37-6-3/h4-29H2,1-3H3. The van der Waals surface area contributed by atoms with Crippen molar-refractivity contribution in [1.82, 2.24) is 4.90 Å². The van der Waals surface area contributed by atoms with Crippen LogP contribution in [0.1, 0.15) is 72.1 Å². The minimum atomic E-state index is -0.0319. The molecule has 0 fully saturated rings. The molecule has 1 amide bonds. The zero-order valence-electron chi connectivity index (χ0n) is 27.8. The van der Waals surface area contributed by atoms with E-state index in [4.69, 9.17) is 37.9 Å². The Kier molecular flexibility index (Phi) is 33.2. The Labute approximate surface area is 265 Å². The van der Waals surface area contributed by atoms with E-state index in [1.807, 2.05) is 20.8 Å². The molecule has 0 heterocycles. The number of unbranched alkanes of at least 4 members (excludes halogenated alkanes) is 1. The van der Waals surface area contributed by atoms with Crippen molar-refractivity contribution in [2.75, 3.05) is 119 Å². The summed E-state index contributed by atoms with van der Waals surface area (Å²) in [6, 6.07) is 0. The predicted octanol–water partition coefficient (Wildman–Crippen LogP) is 3.27. The van der Waals surface area contributed by atoms with Crippen LogP contribution < -0.4 is 0 Å². The molecular weight excluding hydrogens is 574 g/mol. The van der Waals surface area contributed by atoms with E-state index in [1.165, 1.54) is 0 Å². The van der Waals surface area contributed by atoms with Gasteiger partial charge in [-0.3, -0.25) is 14.4 Å². The molecule has 0 aliphatic carbocycles. The summed E-state index contributed by atoms with van der Waals surface area (Å²) >= 11 is 0. The Balaban J connectivity index is 4.12. The lowest BCUT2D eigenvalue weighted by Crippen LogP contribution is -2.37. The monoisotopic (exact) mass is 635 g/mol. The smallest absolute Gasteiger partial charge is 0.225 e. The van der Waals surface area contributed by atoms with Crippen LogP contribution in [-0.2, 0) is 52.3 Å².